The Labute approximate surface area is 158 Å². The van der Waals surface area contributed by atoms with E-state index in [9.17, 15) is 14.4 Å². The average Bonchev–Trinajstić information content (AvgIpc) is 2.71. The number of hydrogen-bond acceptors (Lipinski definition) is 4. The molecule has 0 bridgehead atoms. The summed E-state index contributed by atoms with van der Waals surface area (Å²) >= 11 is 0. The molecule has 142 valence electrons. The highest BCUT2D eigenvalue weighted by atomic mass is 16.5. The van der Waals surface area contributed by atoms with Gasteiger partial charge in [-0.15, -0.1) is 0 Å². The average molecular weight is 368 g/mol. The molecule has 0 saturated heterocycles. The van der Waals surface area contributed by atoms with Crippen LogP contribution in [0.4, 0.5) is 0 Å². The maximum absolute atomic E-state index is 12.6. The third-order valence-electron chi connectivity index (χ3n) is 3.87. The Hall–Kier alpha value is -3.15. The molecule has 0 aliphatic heterocycles. The van der Waals surface area contributed by atoms with Crippen LogP contribution in [0.1, 0.15) is 30.4 Å². The lowest BCUT2D eigenvalue weighted by Gasteiger charge is -2.17. The maximum atomic E-state index is 12.6. The first-order chi connectivity index (χ1) is 13.1. The van der Waals surface area contributed by atoms with Gasteiger partial charge in [0.1, 0.15) is 5.92 Å². The van der Waals surface area contributed by atoms with Gasteiger partial charge < -0.3 is 15.4 Å². The van der Waals surface area contributed by atoms with E-state index in [0.717, 1.165) is 17.5 Å². The third-order valence-corrected chi connectivity index (χ3v) is 3.87. The number of ether oxygens (including phenoxy) is 1. The Morgan fingerprint density at radius 3 is 1.93 bits per heavy atom. The van der Waals surface area contributed by atoms with Gasteiger partial charge in [-0.25, -0.2) is 0 Å². The number of carbonyl (C=O) groups is 3. The minimum Gasteiger partial charge on any atom is -0.455 e. The molecule has 0 aliphatic carbocycles. The van der Waals surface area contributed by atoms with Crippen molar-refractivity contribution in [3.05, 3.63) is 71.8 Å². The lowest BCUT2D eigenvalue weighted by Crippen LogP contribution is -2.39. The van der Waals surface area contributed by atoms with Crippen LogP contribution in [0.5, 0.6) is 0 Å². The van der Waals surface area contributed by atoms with E-state index in [0.29, 0.717) is 6.54 Å². The van der Waals surface area contributed by atoms with Gasteiger partial charge in [-0.1, -0.05) is 67.6 Å². The zero-order chi connectivity index (χ0) is 19.5. The van der Waals surface area contributed by atoms with E-state index in [4.69, 9.17) is 4.74 Å². The molecule has 2 N–H and O–H groups in total. The highest BCUT2D eigenvalue weighted by molar-refractivity contribution is 5.88. The summed E-state index contributed by atoms with van der Waals surface area (Å²) in [7, 11) is 0. The largest absolute Gasteiger partial charge is 0.455 e. The van der Waals surface area contributed by atoms with E-state index >= 15 is 0 Å². The smallest absolute Gasteiger partial charge is 0.318 e. The molecule has 0 atom stereocenters. The molecule has 0 fully saturated rings. The Bertz CT molecular complexity index is 708. The van der Waals surface area contributed by atoms with E-state index in [1.807, 2.05) is 67.6 Å². The van der Waals surface area contributed by atoms with E-state index in [-0.39, 0.29) is 12.5 Å². The number of carbonyl (C=O) groups excluding carboxylic acids is 3. The first-order valence-electron chi connectivity index (χ1n) is 8.91. The molecule has 27 heavy (non-hydrogen) atoms. The number of hydrogen-bond donors (Lipinski definition) is 2. The lowest BCUT2D eigenvalue weighted by molar-refractivity contribution is -0.149. The number of nitrogens with one attached hydrogen (secondary N) is 2. The van der Waals surface area contributed by atoms with Crippen molar-refractivity contribution in [1.82, 2.24) is 10.6 Å². The minimum absolute atomic E-state index is 0.142. The van der Waals surface area contributed by atoms with Crippen molar-refractivity contribution in [3.8, 4) is 0 Å². The van der Waals surface area contributed by atoms with Crippen LogP contribution in [-0.2, 0) is 19.1 Å². The van der Waals surface area contributed by atoms with Crippen LogP contribution in [0.25, 0.3) is 0 Å². The van der Waals surface area contributed by atoms with Gasteiger partial charge in [0.25, 0.3) is 5.91 Å². The molecule has 0 aromatic heterocycles. The van der Waals surface area contributed by atoms with Crippen molar-refractivity contribution in [2.75, 3.05) is 19.7 Å². The van der Waals surface area contributed by atoms with Gasteiger partial charge in [-0.2, -0.15) is 0 Å². The monoisotopic (exact) mass is 368 g/mol. The summed E-state index contributed by atoms with van der Waals surface area (Å²) in [5.74, 6) is -1.93. The number of esters is 1. The molecule has 2 aromatic carbocycles. The lowest BCUT2D eigenvalue weighted by atomic mass is 9.91. The van der Waals surface area contributed by atoms with Gasteiger partial charge in [-0.05, 0) is 17.5 Å². The van der Waals surface area contributed by atoms with Gasteiger partial charge in [-0.3, -0.25) is 14.4 Å². The standard InChI is InChI=1S/C21H24N2O4/c1-2-13-22-18(24)14-23-19(25)15-27-21(26)20(16-9-5-3-6-10-16)17-11-7-4-8-12-17/h3-12,20H,2,13-15H2,1H3,(H,22,24)(H,23,25). The van der Waals surface area contributed by atoms with Crippen molar-refractivity contribution in [2.45, 2.75) is 19.3 Å². The molecule has 0 unspecified atom stereocenters. The van der Waals surface area contributed by atoms with Gasteiger partial charge in [0.05, 0.1) is 6.54 Å². The fraction of sp³-hybridized carbons (Fsp3) is 0.286. The number of benzene rings is 2. The van der Waals surface area contributed by atoms with Crippen LogP contribution in [-0.4, -0.2) is 37.5 Å². The molecular formula is C21H24N2O4. The molecule has 2 rings (SSSR count). The van der Waals surface area contributed by atoms with Crippen molar-refractivity contribution in [1.29, 1.82) is 0 Å². The summed E-state index contributed by atoms with van der Waals surface area (Å²) in [5.41, 5.74) is 1.57. The van der Waals surface area contributed by atoms with Crippen LogP contribution >= 0.6 is 0 Å². The molecule has 0 aliphatic rings. The van der Waals surface area contributed by atoms with Crippen molar-refractivity contribution in [2.24, 2.45) is 0 Å². The summed E-state index contributed by atoms with van der Waals surface area (Å²) in [4.78, 5) is 36.0. The Kier molecular flexibility index (Phi) is 8.03. The predicted molar refractivity (Wildman–Crippen MR) is 102 cm³/mol. The fourth-order valence-electron chi connectivity index (χ4n) is 2.53. The predicted octanol–water partition coefficient (Wildman–Crippen LogP) is 2.00. The van der Waals surface area contributed by atoms with E-state index in [2.05, 4.69) is 10.6 Å². The highest BCUT2D eigenvalue weighted by Crippen LogP contribution is 2.25. The molecule has 2 aromatic rings. The topological polar surface area (TPSA) is 84.5 Å². The van der Waals surface area contributed by atoms with Gasteiger partial charge >= 0.3 is 5.97 Å². The fourth-order valence-corrected chi connectivity index (χ4v) is 2.53. The summed E-state index contributed by atoms with van der Waals surface area (Å²) in [5, 5.41) is 5.09. The Morgan fingerprint density at radius 2 is 1.41 bits per heavy atom. The SMILES string of the molecule is CCCNC(=O)CNC(=O)COC(=O)C(c1ccccc1)c1ccccc1. The van der Waals surface area contributed by atoms with Crippen molar-refractivity contribution < 1.29 is 19.1 Å². The molecule has 0 spiro atoms. The molecule has 0 heterocycles. The van der Waals surface area contributed by atoms with Gasteiger partial charge in [0.15, 0.2) is 6.61 Å². The summed E-state index contributed by atoms with van der Waals surface area (Å²) in [6.07, 6.45) is 0.817. The zero-order valence-electron chi connectivity index (χ0n) is 15.3. The Morgan fingerprint density at radius 1 is 0.852 bits per heavy atom. The Balaban J connectivity index is 1.95. The van der Waals surface area contributed by atoms with Gasteiger partial charge in [0.2, 0.25) is 5.91 Å². The van der Waals surface area contributed by atoms with E-state index in [1.165, 1.54) is 0 Å². The third kappa shape index (κ3) is 6.58. The van der Waals surface area contributed by atoms with Crippen LogP contribution < -0.4 is 10.6 Å². The second-order valence-corrected chi connectivity index (χ2v) is 5.99. The van der Waals surface area contributed by atoms with Crippen LogP contribution in [0, 0.1) is 0 Å². The molecule has 0 radical (unpaired) electrons. The first kappa shape index (κ1) is 20.2. The maximum Gasteiger partial charge on any atom is 0.318 e. The normalized spacial score (nSPS) is 10.3. The first-order valence-corrected chi connectivity index (χ1v) is 8.91. The van der Waals surface area contributed by atoms with Crippen LogP contribution in [0.2, 0.25) is 0 Å². The zero-order valence-corrected chi connectivity index (χ0v) is 15.3. The molecule has 6 nitrogen and oxygen atoms in total. The van der Waals surface area contributed by atoms with E-state index < -0.39 is 24.4 Å². The summed E-state index contributed by atoms with van der Waals surface area (Å²) in [6.45, 7) is 1.92. The quantitative estimate of drug-likeness (QED) is 0.663. The summed E-state index contributed by atoms with van der Waals surface area (Å²) in [6, 6.07) is 18.5. The van der Waals surface area contributed by atoms with Crippen LogP contribution in [0.3, 0.4) is 0 Å². The number of amides is 2. The van der Waals surface area contributed by atoms with Crippen LogP contribution in [0.15, 0.2) is 60.7 Å². The van der Waals surface area contributed by atoms with Gasteiger partial charge in [0, 0.05) is 6.54 Å². The molecule has 6 heteroatoms. The minimum atomic E-state index is -0.618. The molecule has 2 amide bonds. The molecule has 0 saturated carbocycles. The van der Waals surface area contributed by atoms with Crippen molar-refractivity contribution in [3.63, 3.8) is 0 Å². The second-order valence-electron chi connectivity index (χ2n) is 5.99. The second kappa shape index (κ2) is 10.8. The number of rotatable bonds is 9. The highest BCUT2D eigenvalue weighted by Gasteiger charge is 2.24. The van der Waals surface area contributed by atoms with Crippen molar-refractivity contribution >= 4 is 17.8 Å². The van der Waals surface area contributed by atoms with E-state index in [1.54, 1.807) is 0 Å². The summed E-state index contributed by atoms with van der Waals surface area (Å²) < 4.78 is 5.21. The molecular weight excluding hydrogens is 344 g/mol.